The fourth-order valence-corrected chi connectivity index (χ4v) is 2.50. The normalized spacial score (nSPS) is 10.7. The standard InChI is InChI=1S/C15H12BrN3O/c1-17-15-18-13-8-7-10(16)9-12(13)14(20)19(15)11-5-3-2-4-6-11/h2-9H,1H3,(H,17,18). The van der Waals surface area contributed by atoms with Crippen molar-refractivity contribution in [3.05, 3.63) is 63.4 Å². The van der Waals surface area contributed by atoms with E-state index < -0.39 is 0 Å². The number of nitrogens with zero attached hydrogens (tertiary/aromatic N) is 2. The van der Waals surface area contributed by atoms with Crippen LogP contribution in [0, 0.1) is 0 Å². The molecule has 1 heterocycles. The summed E-state index contributed by atoms with van der Waals surface area (Å²) in [6, 6.07) is 15.0. The van der Waals surface area contributed by atoms with E-state index in [1.165, 1.54) is 0 Å². The Morgan fingerprint density at radius 1 is 1.15 bits per heavy atom. The number of anilines is 1. The molecule has 0 spiro atoms. The van der Waals surface area contributed by atoms with Gasteiger partial charge >= 0.3 is 0 Å². The lowest BCUT2D eigenvalue weighted by Gasteiger charge is -2.12. The van der Waals surface area contributed by atoms with Crippen molar-refractivity contribution in [2.24, 2.45) is 0 Å². The topological polar surface area (TPSA) is 46.9 Å². The lowest BCUT2D eigenvalue weighted by atomic mass is 10.2. The van der Waals surface area contributed by atoms with Crippen LogP contribution in [0.5, 0.6) is 0 Å². The first-order chi connectivity index (χ1) is 9.70. The van der Waals surface area contributed by atoms with Gasteiger partial charge in [-0.25, -0.2) is 9.55 Å². The second-order valence-electron chi connectivity index (χ2n) is 4.32. The van der Waals surface area contributed by atoms with Gasteiger partial charge in [0.15, 0.2) is 0 Å². The minimum Gasteiger partial charge on any atom is -0.358 e. The third-order valence-corrected chi connectivity index (χ3v) is 3.56. The molecule has 0 aliphatic rings. The number of benzene rings is 2. The number of rotatable bonds is 2. The predicted molar refractivity (Wildman–Crippen MR) is 84.6 cm³/mol. The Bertz CT molecular complexity index is 828. The van der Waals surface area contributed by atoms with Crippen LogP contribution in [0.4, 0.5) is 5.95 Å². The van der Waals surface area contributed by atoms with Crippen LogP contribution in [-0.4, -0.2) is 16.6 Å². The summed E-state index contributed by atoms with van der Waals surface area (Å²) in [7, 11) is 1.76. The van der Waals surface area contributed by atoms with Crippen molar-refractivity contribution in [3.63, 3.8) is 0 Å². The number of nitrogens with one attached hydrogen (secondary N) is 1. The molecule has 0 saturated carbocycles. The Morgan fingerprint density at radius 2 is 1.90 bits per heavy atom. The van der Waals surface area contributed by atoms with Crippen LogP contribution >= 0.6 is 15.9 Å². The lowest BCUT2D eigenvalue weighted by molar-refractivity contribution is 0.967. The first-order valence-corrected chi connectivity index (χ1v) is 6.95. The summed E-state index contributed by atoms with van der Waals surface area (Å²) in [5.74, 6) is 0.524. The van der Waals surface area contributed by atoms with Gasteiger partial charge in [-0.2, -0.15) is 0 Å². The van der Waals surface area contributed by atoms with Crippen LogP contribution < -0.4 is 10.9 Å². The zero-order chi connectivity index (χ0) is 14.1. The van der Waals surface area contributed by atoms with E-state index in [1.54, 1.807) is 17.7 Å². The van der Waals surface area contributed by atoms with Gasteiger partial charge in [-0.1, -0.05) is 34.1 Å². The molecule has 20 heavy (non-hydrogen) atoms. The van der Waals surface area contributed by atoms with Crippen LogP contribution in [0.3, 0.4) is 0 Å². The van der Waals surface area contributed by atoms with Crippen molar-refractivity contribution in [3.8, 4) is 5.69 Å². The zero-order valence-electron chi connectivity index (χ0n) is 10.8. The second-order valence-corrected chi connectivity index (χ2v) is 5.24. The Labute approximate surface area is 124 Å². The summed E-state index contributed by atoms with van der Waals surface area (Å²) in [6.45, 7) is 0. The van der Waals surface area contributed by atoms with E-state index in [4.69, 9.17) is 0 Å². The molecular formula is C15H12BrN3O. The van der Waals surface area contributed by atoms with Crippen molar-refractivity contribution in [1.82, 2.24) is 9.55 Å². The van der Waals surface area contributed by atoms with E-state index in [9.17, 15) is 4.79 Å². The monoisotopic (exact) mass is 329 g/mol. The Balaban J connectivity index is 2.41. The van der Waals surface area contributed by atoms with Gasteiger partial charge in [-0.15, -0.1) is 0 Å². The Hall–Kier alpha value is -2.14. The fourth-order valence-electron chi connectivity index (χ4n) is 2.14. The first kappa shape index (κ1) is 12.9. The molecule has 100 valence electrons. The zero-order valence-corrected chi connectivity index (χ0v) is 12.4. The smallest absolute Gasteiger partial charge is 0.267 e. The highest BCUT2D eigenvalue weighted by Crippen LogP contribution is 2.19. The SMILES string of the molecule is CNc1nc2ccc(Br)cc2c(=O)n1-c1ccccc1. The van der Waals surface area contributed by atoms with Gasteiger partial charge in [-0.05, 0) is 30.3 Å². The van der Waals surface area contributed by atoms with Crippen molar-refractivity contribution in [2.75, 3.05) is 12.4 Å². The van der Waals surface area contributed by atoms with Crippen LogP contribution in [0.2, 0.25) is 0 Å². The molecule has 2 aromatic carbocycles. The molecule has 3 aromatic rings. The van der Waals surface area contributed by atoms with Crippen LogP contribution in [0.1, 0.15) is 0 Å². The van der Waals surface area contributed by atoms with Gasteiger partial charge in [0.25, 0.3) is 5.56 Å². The van der Waals surface area contributed by atoms with Gasteiger partial charge in [0.2, 0.25) is 5.95 Å². The summed E-state index contributed by atoms with van der Waals surface area (Å²) < 4.78 is 2.44. The number of aromatic nitrogens is 2. The van der Waals surface area contributed by atoms with E-state index in [2.05, 4.69) is 26.2 Å². The molecule has 3 rings (SSSR count). The maximum absolute atomic E-state index is 12.7. The highest BCUT2D eigenvalue weighted by Gasteiger charge is 2.11. The molecule has 4 nitrogen and oxygen atoms in total. The maximum atomic E-state index is 12.7. The molecule has 0 fully saturated rings. The van der Waals surface area contributed by atoms with Crippen LogP contribution in [-0.2, 0) is 0 Å². The number of hydrogen-bond donors (Lipinski definition) is 1. The summed E-state index contributed by atoms with van der Waals surface area (Å²) in [4.78, 5) is 17.2. The summed E-state index contributed by atoms with van der Waals surface area (Å²) in [6.07, 6.45) is 0. The van der Waals surface area contributed by atoms with E-state index in [1.807, 2.05) is 42.5 Å². The summed E-state index contributed by atoms with van der Waals surface area (Å²) >= 11 is 3.39. The second kappa shape index (κ2) is 5.09. The molecule has 5 heteroatoms. The maximum Gasteiger partial charge on any atom is 0.267 e. The molecular weight excluding hydrogens is 318 g/mol. The van der Waals surface area contributed by atoms with Gasteiger partial charge in [0.05, 0.1) is 16.6 Å². The summed E-state index contributed by atoms with van der Waals surface area (Å²) in [5.41, 5.74) is 1.37. The predicted octanol–water partition coefficient (Wildman–Crippen LogP) is 3.19. The van der Waals surface area contributed by atoms with Gasteiger partial charge < -0.3 is 5.32 Å². The molecule has 0 amide bonds. The van der Waals surface area contributed by atoms with Crippen molar-refractivity contribution < 1.29 is 0 Å². The number of hydrogen-bond acceptors (Lipinski definition) is 3. The van der Waals surface area contributed by atoms with Gasteiger partial charge in [-0.3, -0.25) is 4.79 Å². The van der Waals surface area contributed by atoms with E-state index in [0.29, 0.717) is 16.9 Å². The molecule has 0 radical (unpaired) electrons. The molecule has 1 aromatic heterocycles. The number of halogens is 1. The molecule has 0 atom stereocenters. The van der Waals surface area contributed by atoms with E-state index >= 15 is 0 Å². The minimum absolute atomic E-state index is 0.0909. The molecule has 0 bridgehead atoms. The van der Waals surface area contributed by atoms with E-state index in [0.717, 1.165) is 10.2 Å². The van der Waals surface area contributed by atoms with Crippen molar-refractivity contribution in [2.45, 2.75) is 0 Å². The summed E-state index contributed by atoms with van der Waals surface area (Å²) in [5, 5.41) is 3.57. The van der Waals surface area contributed by atoms with Crippen molar-refractivity contribution in [1.29, 1.82) is 0 Å². The first-order valence-electron chi connectivity index (χ1n) is 6.16. The highest BCUT2D eigenvalue weighted by atomic mass is 79.9. The average molecular weight is 330 g/mol. The largest absolute Gasteiger partial charge is 0.358 e. The minimum atomic E-state index is -0.0909. The molecule has 0 aliphatic carbocycles. The quantitative estimate of drug-likeness (QED) is 0.785. The van der Waals surface area contributed by atoms with Gasteiger partial charge in [0.1, 0.15) is 0 Å². The third kappa shape index (κ3) is 2.10. The Morgan fingerprint density at radius 3 is 2.60 bits per heavy atom. The fraction of sp³-hybridized carbons (Fsp3) is 0.0667. The van der Waals surface area contributed by atoms with E-state index in [-0.39, 0.29) is 5.56 Å². The molecule has 1 N–H and O–H groups in total. The molecule has 0 aliphatic heterocycles. The average Bonchev–Trinajstić information content (AvgIpc) is 2.48. The van der Waals surface area contributed by atoms with Crippen molar-refractivity contribution >= 4 is 32.8 Å². The molecule has 0 saturated heterocycles. The third-order valence-electron chi connectivity index (χ3n) is 3.07. The highest BCUT2D eigenvalue weighted by molar-refractivity contribution is 9.10. The number of fused-ring (bicyclic) bond motifs is 1. The van der Waals surface area contributed by atoms with Crippen LogP contribution in [0.25, 0.3) is 16.6 Å². The molecule has 0 unspecified atom stereocenters. The number of para-hydroxylation sites is 1. The lowest BCUT2D eigenvalue weighted by Crippen LogP contribution is -2.22. The Kier molecular flexibility index (Phi) is 3.28. The van der Waals surface area contributed by atoms with Gasteiger partial charge in [0, 0.05) is 11.5 Å². The van der Waals surface area contributed by atoms with Crippen LogP contribution in [0.15, 0.2) is 57.8 Å².